The number of para-hydroxylation sites is 1. The van der Waals surface area contributed by atoms with Gasteiger partial charge in [0.05, 0.1) is 5.60 Å². The van der Waals surface area contributed by atoms with Gasteiger partial charge in [-0.25, -0.2) is 10.0 Å². The average molecular weight is 642 g/mol. The van der Waals surface area contributed by atoms with Crippen LogP contribution in [0.5, 0.6) is 0 Å². The molecule has 12 nitrogen and oxygen atoms in total. The molecule has 4 N–H and O–H groups in total. The highest BCUT2D eigenvalue weighted by atomic mass is 16.7. The highest BCUT2D eigenvalue weighted by Gasteiger charge is 2.45. The van der Waals surface area contributed by atoms with Crippen molar-refractivity contribution >= 4 is 41.4 Å². The van der Waals surface area contributed by atoms with Crippen molar-refractivity contribution in [1.82, 2.24) is 30.2 Å². The Kier molecular flexibility index (Phi) is 9.64. The van der Waals surface area contributed by atoms with Gasteiger partial charge in [-0.1, -0.05) is 48.5 Å². The second-order valence-electron chi connectivity index (χ2n) is 13.4. The number of amides is 3. The Morgan fingerprint density at radius 1 is 1.09 bits per heavy atom. The molecule has 1 fully saturated rings. The van der Waals surface area contributed by atoms with Crippen LogP contribution in [-0.4, -0.2) is 73.9 Å². The van der Waals surface area contributed by atoms with Gasteiger partial charge in [0, 0.05) is 42.0 Å². The molecule has 1 saturated heterocycles. The molecule has 3 heterocycles. The standard InChI is InChI=1S/C35H43N7O5/c1-33(2,3)47-42(23-44)34(4,5)31(46)39-28(20-24-21-38-27-15-10-9-14-26(24)27)30(45)40-32-37-18-19-41(32)35(22-43,29-16-11-17-36-29)25-12-7-6-8-13-25/h6-10,12-15,18-19,21-23,28-29,36,38H,11,16-17,20H2,1-5H3,(H,39,46)(H,37,40,45)/t28-,29?,35?/m1/s1. The third kappa shape index (κ3) is 6.84. The van der Waals surface area contributed by atoms with Gasteiger partial charge in [-0.2, -0.15) is 0 Å². The van der Waals surface area contributed by atoms with Gasteiger partial charge in [-0.05, 0) is 71.2 Å². The number of hydrogen-bond donors (Lipinski definition) is 4. The minimum Gasteiger partial charge on any atom is -0.361 e. The number of anilines is 1. The molecule has 2 unspecified atom stereocenters. The van der Waals surface area contributed by atoms with Crippen LogP contribution < -0.4 is 16.0 Å². The molecular weight excluding hydrogens is 598 g/mol. The van der Waals surface area contributed by atoms with E-state index >= 15 is 0 Å². The SMILES string of the molecule is CC(C)(C)ON(C=O)C(C)(C)C(=O)N[C@H](Cc1c[nH]c2ccccc12)C(=O)Nc1nccn1C(C=O)(c1ccccc1)C1CCCN1. The lowest BCUT2D eigenvalue weighted by Crippen LogP contribution is -2.59. The number of rotatable bonds is 13. The Morgan fingerprint density at radius 3 is 2.47 bits per heavy atom. The zero-order chi connectivity index (χ0) is 33.8. The molecule has 0 radical (unpaired) electrons. The number of carbonyl (C=O) groups excluding carboxylic acids is 4. The molecular formula is C35H43N7O5. The van der Waals surface area contributed by atoms with Crippen LogP contribution in [0.1, 0.15) is 58.6 Å². The Labute approximate surface area is 274 Å². The van der Waals surface area contributed by atoms with E-state index in [-0.39, 0.29) is 18.4 Å². The first kappa shape index (κ1) is 33.6. The van der Waals surface area contributed by atoms with E-state index in [0.29, 0.717) is 6.41 Å². The fourth-order valence-electron chi connectivity index (χ4n) is 6.10. The Bertz CT molecular complexity index is 1720. The summed E-state index contributed by atoms with van der Waals surface area (Å²) in [6.45, 7) is 9.15. The molecule has 3 atom stereocenters. The van der Waals surface area contributed by atoms with Gasteiger partial charge in [0.1, 0.15) is 17.1 Å². The third-order valence-electron chi connectivity index (χ3n) is 8.58. The molecule has 0 bridgehead atoms. The molecule has 5 rings (SSSR count). The smallest absolute Gasteiger partial charge is 0.249 e. The Balaban J connectivity index is 1.50. The Hall–Kier alpha value is -4.81. The largest absolute Gasteiger partial charge is 0.361 e. The lowest BCUT2D eigenvalue weighted by molar-refractivity contribution is -0.247. The summed E-state index contributed by atoms with van der Waals surface area (Å²) in [5.74, 6) is -0.991. The lowest BCUT2D eigenvalue weighted by atomic mass is 9.82. The molecule has 1 aliphatic rings. The zero-order valence-electron chi connectivity index (χ0n) is 27.4. The number of fused-ring (bicyclic) bond motifs is 1. The van der Waals surface area contributed by atoms with Crippen LogP contribution in [0.4, 0.5) is 5.95 Å². The number of aldehydes is 1. The van der Waals surface area contributed by atoms with E-state index in [9.17, 15) is 19.2 Å². The molecule has 3 amide bonds. The molecule has 248 valence electrons. The summed E-state index contributed by atoms with van der Waals surface area (Å²) in [6.07, 6.45) is 8.15. The molecule has 2 aromatic carbocycles. The van der Waals surface area contributed by atoms with Gasteiger partial charge in [0.25, 0.3) is 0 Å². The highest BCUT2D eigenvalue weighted by Crippen LogP contribution is 2.35. The second kappa shape index (κ2) is 13.5. The minimum atomic E-state index is -1.47. The first-order valence-electron chi connectivity index (χ1n) is 15.8. The highest BCUT2D eigenvalue weighted by molar-refractivity contribution is 5.99. The Morgan fingerprint density at radius 2 is 1.81 bits per heavy atom. The number of H-pyrrole nitrogens is 1. The van der Waals surface area contributed by atoms with Gasteiger partial charge < -0.3 is 20.4 Å². The number of carbonyl (C=O) groups is 4. The van der Waals surface area contributed by atoms with Crippen molar-refractivity contribution in [3.8, 4) is 0 Å². The van der Waals surface area contributed by atoms with E-state index in [1.165, 1.54) is 6.20 Å². The van der Waals surface area contributed by atoms with Crippen molar-refractivity contribution in [3.05, 3.63) is 84.3 Å². The maximum atomic E-state index is 14.2. The summed E-state index contributed by atoms with van der Waals surface area (Å²) in [5.41, 5.74) is -0.974. The fraction of sp³-hybridized carbons (Fsp3) is 0.400. The number of nitrogens with zero attached hydrogens (tertiary/aromatic N) is 3. The molecule has 2 aromatic heterocycles. The van der Waals surface area contributed by atoms with Gasteiger partial charge in [0.15, 0.2) is 6.29 Å². The van der Waals surface area contributed by atoms with E-state index in [1.807, 2.05) is 60.8 Å². The first-order valence-corrected chi connectivity index (χ1v) is 15.8. The van der Waals surface area contributed by atoms with Gasteiger partial charge in [0.2, 0.25) is 24.2 Å². The number of benzene rings is 2. The maximum Gasteiger partial charge on any atom is 0.249 e. The third-order valence-corrected chi connectivity index (χ3v) is 8.58. The predicted molar refractivity (Wildman–Crippen MR) is 178 cm³/mol. The van der Waals surface area contributed by atoms with Crippen LogP contribution in [0.15, 0.2) is 73.2 Å². The van der Waals surface area contributed by atoms with Gasteiger partial charge >= 0.3 is 0 Å². The van der Waals surface area contributed by atoms with E-state index in [2.05, 4.69) is 25.9 Å². The van der Waals surface area contributed by atoms with Crippen molar-refractivity contribution in [2.45, 2.75) is 82.6 Å². The molecule has 47 heavy (non-hydrogen) atoms. The van der Waals surface area contributed by atoms with Gasteiger partial charge in [-0.3, -0.25) is 29.1 Å². The fourth-order valence-corrected chi connectivity index (χ4v) is 6.10. The van der Waals surface area contributed by atoms with E-state index in [1.54, 1.807) is 45.4 Å². The van der Waals surface area contributed by atoms with Crippen LogP contribution in [0.2, 0.25) is 0 Å². The molecule has 12 heteroatoms. The van der Waals surface area contributed by atoms with Crippen molar-refractivity contribution in [2.75, 3.05) is 11.9 Å². The number of aromatic nitrogens is 3. The van der Waals surface area contributed by atoms with Crippen LogP contribution in [0, 0.1) is 0 Å². The summed E-state index contributed by atoms with van der Waals surface area (Å²) in [7, 11) is 0. The summed E-state index contributed by atoms with van der Waals surface area (Å²) in [5, 5.41) is 11.1. The molecule has 0 spiro atoms. The minimum absolute atomic E-state index is 0.126. The maximum absolute atomic E-state index is 14.2. The van der Waals surface area contributed by atoms with Crippen LogP contribution in [0.3, 0.4) is 0 Å². The van der Waals surface area contributed by atoms with Crippen LogP contribution >= 0.6 is 0 Å². The quantitative estimate of drug-likeness (QED) is 0.128. The van der Waals surface area contributed by atoms with E-state index in [0.717, 1.165) is 52.8 Å². The van der Waals surface area contributed by atoms with E-state index < -0.39 is 34.5 Å². The number of aromatic amines is 1. The number of imidazole rings is 1. The summed E-state index contributed by atoms with van der Waals surface area (Å²) < 4.78 is 1.69. The normalized spacial score (nSPS) is 17.1. The topological polar surface area (TPSA) is 150 Å². The van der Waals surface area contributed by atoms with Crippen molar-refractivity contribution in [3.63, 3.8) is 0 Å². The number of nitrogens with one attached hydrogen (secondary N) is 4. The van der Waals surface area contributed by atoms with Gasteiger partial charge in [-0.15, -0.1) is 0 Å². The molecule has 4 aromatic rings. The van der Waals surface area contributed by atoms with Crippen LogP contribution in [0.25, 0.3) is 10.9 Å². The van der Waals surface area contributed by atoms with Crippen LogP contribution in [-0.2, 0) is 36.0 Å². The molecule has 0 aliphatic carbocycles. The second-order valence-corrected chi connectivity index (χ2v) is 13.4. The number of hydroxylamine groups is 2. The zero-order valence-corrected chi connectivity index (χ0v) is 27.4. The summed E-state index contributed by atoms with van der Waals surface area (Å²) in [6, 6.07) is 15.7. The summed E-state index contributed by atoms with van der Waals surface area (Å²) in [4.78, 5) is 66.7. The summed E-state index contributed by atoms with van der Waals surface area (Å²) >= 11 is 0. The van der Waals surface area contributed by atoms with Crippen molar-refractivity contribution < 1.29 is 24.0 Å². The molecule has 1 aliphatic heterocycles. The lowest BCUT2D eigenvalue weighted by Gasteiger charge is -2.38. The molecule has 0 saturated carbocycles. The monoisotopic (exact) mass is 641 g/mol. The van der Waals surface area contributed by atoms with E-state index in [4.69, 9.17) is 4.84 Å². The van der Waals surface area contributed by atoms with Crippen molar-refractivity contribution in [2.24, 2.45) is 0 Å². The number of hydrogen-bond acceptors (Lipinski definition) is 7. The predicted octanol–water partition coefficient (Wildman–Crippen LogP) is 3.69. The first-order chi connectivity index (χ1) is 22.4. The average Bonchev–Trinajstić information content (AvgIpc) is 3.83. The van der Waals surface area contributed by atoms with Crippen molar-refractivity contribution in [1.29, 1.82) is 0 Å².